The average molecular weight is 224 g/mol. The Morgan fingerprint density at radius 2 is 2.06 bits per heavy atom. The van der Waals surface area contributed by atoms with Crippen molar-refractivity contribution >= 4 is 11.6 Å². The van der Waals surface area contributed by atoms with E-state index in [-0.39, 0.29) is 18.4 Å². The molecule has 0 radical (unpaired) electrons. The van der Waals surface area contributed by atoms with Crippen LogP contribution >= 0.6 is 0 Å². The molecule has 0 aliphatic heterocycles. The predicted molar refractivity (Wildman–Crippen MR) is 65.3 cm³/mol. The molecule has 1 unspecified atom stereocenters. The zero-order chi connectivity index (χ0) is 12.1. The highest BCUT2D eigenvalue weighted by atomic mass is 16.3. The maximum absolute atomic E-state index is 8.91. The molecule has 0 aliphatic rings. The molecule has 0 aromatic carbocycles. The average Bonchev–Trinajstić information content (AvgIpc) is 2.25. The Kier molecular flexibility index (Phi) is 4.49. The fourth-order valence-electron chi connectivity index (χ4n) is 1.18. The van der Waals surface area contributed by atoms with Gasteiger partial charge in [-0.2, -0.15) is 0 Å². The van der Waals surface area contributed by atoms with E-state index < -0.39 is 0 Å². The summed E-state index contributed by atoms with van der Waals surface area (Å²) in [5.74, 6) is 2.37. The smallest absolute Gasteiger partial charge is 0.135 e. The molecule has 90 valence electrons. The maximum Gasteiger partial charge on any atom is 0.135 e. The largest absolute Gasteiger partial charge is 0.396 e. The highest BCUT2D eigenvalue weighted by molar-refractivity contribution is 5.44. The summed E-state index contributed by atoms with van der Waals surface area (Å²) in [7, 11) is 0. The molecule has 0 spiro atoms. The second kappa shape index (κ2) is 5.65. The van der Waals surface area contributed by atoms with Crippen molar-refractivity contribution in [2.75, 3.05) is 24.2 Å². The third-order valence-electron chi connectivity index (χ3n) is 2.22. The van der Waals surface area contributed by atoms with Crippen LogP contribution in [0.5, 0.6) is 0 Å². The highest BCUT2D eigenvalue weighted by Gasteiger charge is 2.07. The molecule has 0 amide bonds. The molecule has 16 heavy (non-hydrogen) atoms. The van der Waals surface area contributed by atoms with E-state index >= 15 is 0 Å². The molecule has 4 N–H and O–H groups in total. The van der Waals surface area contributed by atoms with Gasteiger partial charge in [-0.15, -0.1) is 0 Å². The summed E-state index contributed by atoms with van der Waals surface area (Å²) in [5.41, 5.74) is 5.70. The van der Waals surface area contributed by atoms with Gasteiger partial charge in [-0.05, 0) is 5.92 Å². The maximum atomic E-state index is 8.91. The number of nitrogens with zero attached hydrogens (tertiary/aromatic N) is 2. The number of anilines is 2. The van der Waals surface area contributed by atoms with E-state index in [0.29, 0.717) is 12.4 Å². The Labute approximate surface area is 96.1 Å². The number of hydrogen-bond donors (Lipinski definition) is 3. The van der Waals surface area contributed by atoms with Crippen LogP contribution in [0.4, 0.5) is 11.6 Å². The van der Waals surface area contributed by atoms with E-state index in [4.69, 9.17) is 10.8 Å². The molecule has 0 aliphatic carbocycles. The second-order valence-electron chi connectivity index (χ2n) is 4.36. The lowest BCUT2D eigenvalue weighted by Gasteiger charge is -2.12. The van der Waals surface area contributed by atoms with Crippen LogP contribution in [0.3, 0.4) is 0 Å². The van der Waals surface area contributed by atoms with Crippen molar-refractivity contribution in [1.29, 1.82) is 0 Å². The fraction of sp³-hybridized carbons (Fsp3) is 0.636. The lowest BCUT2D eigenvalue weighted by molar-refractivity contribution is 0.244. The first-order chi connectivity index (χ1) is 7.52. The summed E-state index contributed by atoms with van der Waals surface area (Å²) >= 11 is 0. The molecule has 1 atom stereocenters. The van der Waals surface area contributed by atoms with Crippen LogP contribution in [0, 0.1) is 5.92 Å². The van der Waals surface area contributed by atoms with Crippen molar-refractivity contribution in [3.63, 3.8) is 0 Å². The van der Waals surface area contributed by atoms with Crippen molar-refractivity contribution < 1.29 is 5.11 Å². The molecule has 0 bridgehead atoms. The van der Waals surface area contributed by atoms with Gasteiger partial charge < -0.3 is 16.2 Å². The minimum atomic E-state index is 0.157. The molecule has 1 aromatic heterocycles. The van der Waals surface area contributed by atoms with Crippen LogP contribution in [0.1, 0.15) is 32.5 Å². The van der Waals surface area contributed by atoms with Crippen molar-refractivity contribution in [3.05, 3.63) is 11.9 Å². The van der Waals surface area contributed by atoms with E-state index in [1.165, 1.54) is 0 Å². The molecule has 1 aromatic rings. The van der Waals surface area contributed by atoms with Crippen LogP contribution in [0.2, 0.25) is 0 Å². The Bertz CT molecular complexity index is 341. The molecular formula is C11H20N4O. The zero-order valence-corrected chi connectivity index (χ0v) is 10.1. The normalized spacial score (nSPS) is 12.8. The minimum Gasteiger partial charge on any atom is -0.396 e. The quantitative estimate of drug-likeness (QED) is 0.700. The Morgan fingerprint density at radius 1 is 1.38 bits per heavy atom. The number of nitrogens with two attached hydrogens (primary N) is 1. The SMILES string of the molecule is CC(CO)CNc1cc(N)nc(C(C)C)n1. The van der Waals surface area contributed by atoms with Crippen LogP contribution in [0.15, 0.2) is 6.07 Å². The standard InChI is InChI=1S/C11H20N4O/c1-7(2)11-14-9(12)4-10(15-11)13-5-8(3)6-16/h4,7-8,16H,5-6H2,1-3H3,(H3,12,13,14,15). The summed E-state index contributed by atoms with van der Waals surface area (Å²) in [6.45, 7) is 6.83. The zero-order valence-electron chi connectivity index (χ0n) is 10.1. The molecular weight excluding hydrogens is 204 g/mol. The van der Waals surface area contributed by atoms with Crippen molar-refractivity contribution in [3.8, 4) is 0 Å². The van der Waals surface area contributed by atoms with Crippen LogP contribution in [-0.2, 0) is 0 Å². The van der Waals surface area contributed by atoms with Crippen molar-refractivity contribution in [2.24, 2.45) is 5.92 Å². The van der Waals surface area contributed by atoms with E-state index in [0.717, 1.165) is 11.6 Å². The van der Waals surface area contributed by atoms with Gasteiger partial charge in [0.25, 0.3) is 0 Å². The Hall–Kier alpha value is -1.36. The van der Waals surface area contributed by atoms with Gasteiger partial charge >= 0.3 is 0 Å². The fourth-order valence-corrected chi connectivity index (χ4v) is 1.18. The van der Waals surface area contributed by atoms with E-state index in [1.54, 1.807) is 6.07 Å². The molecule has 5 heteroatoms. The molecule has 0 fully saturated rings. The number of nitrogen functional groups attached to an aromatic ring is 1. The summed E-state index contributed by atoms with van der Waals surface area (Å²) in [6.07, 6.45) is 0. The summed E-state index contributed by atoms with van der Waals surface area (Å²) in [4.78, 5) is 8.51. The lowest BCUT2D eigenvalue weighted by atomic mass is 10.2. The predicted octanol–water partition coefficient (Wildman–Crippen LogP) is 1.22. The molecule has 0 saturated heterocycles. The number of aliphatic hydroxyl groups excluding tert-OH is 1. The van der Waals surface area contributed by atoms with Gasteiger partial charge in [0, 0.05) is 25.1 Å². The lowest BCUT2D eigenvalue weighted by Crippen LogP contribution is -2.16. The van der Waals surface area contributed by atoms with Gasteiger partial charge in [-0.3, -0.25) is 0 Å². The molecule has 0 saturated carbocycles. The van der Waals surface area contributed by atoms with Gasteiger partial charge in [-0.25, -0.2) is 9.97 Å². The molecule has 5 nitrogen and oxygen atoms in total. The highest BCUT2D eigenvalue weighted by Crippen LogP contribution is 2.15. The van der Waals surface area contributed by atoms with Crippen LogP contribution in [-0.4, -0.2) is 28.2 Å². The van der Waals surface area contributed by atoms with Gasteiger partial charge in [-0.1, -0.05) is 20.8 Å². The number of aliphatic hydroxyl groups is 1. The third-order valence-corrected chi connectivity index (χ3v) is 2.22. The number of aromatic nitrogens is 2. The van der Waals surface area contributed by atoms with Crippen LogP contribution in [0.25, 0.3) is 0 Å². The van der Waals surface area contributed by atoms with Crippen LogP contribution < -0.4 is 11.1 Å². The summed E-state index contributed by atoms with van der Waals surface area (Å²) in [6, 6.07) is 1.70. The first kappa shape index (κ1) is 12.7. The van der Waals surface area contributed by atoms with Gasteiger partial charge in [0.2, 0.25) is 0 Å². The van der Waals surface area contributed by atoms with E-state index in [1.807, 2.05) is 20.8 Å². The summed E-state index contributed by atoms with van der Waals surface area (Å²) in [5, 5.41) is 12.1. The van der Waals surface area contributed by atoms with E-state index in [2.05, 4.69) is 15.3 Å². The van der Waals surface area contributed by atoms with Gasteiger partial charge in [0.05, 0.1) is 0 Å². The Morgan fingerprint density at radius 3 is 2.62 bits per heavy atom. The monoisotopic (exact) mass is 224 g/mol. The number of rotatable bonds is 5. The second-order valence-corrected chi connectivity index (χ2v) is 4.36. The number of hydrogen-bond acceptors (Lipinski definition) is 5. The van der Waals surface area contributed by atoms with E-state index in [9.17, 15) is 0 Å². The number of nitrogens with one attached hydrogen (secondary N) is 1. The third kappa shape index (κ3) is 3.66. The minimum absolute atomic E-state index is 0.157. The van der Waals surface area contributed by atoms with Crippen molar-refractivity contribution in [1.82, 2.24) is 9.97 Å². The Balaban J connectivity index is 2.72. The summed E-state index contributed by atoms with van der Waals surface area (Å²) < 4.78 is 0. The first-order valence-corrected chi connectivity index (χ1v) is 5.52. The van der Waals surface area contributed by atoms with Gasteiger partial charge in [0.1, 0.15) is 17.5 Å². The first-order valence-electron chi connectivity index (χ1n) is 5.52. The molecule has 1 heterocycles. The van der Waals surface area contributed by atoms with Crippen molar-refractivity contribution in [2.45, 2.75) is 26.7 Å². The topological polar surface area (TPSA) is 84.1 Å². The molecule has 1 rings (SSSR count). The van der Waals surface area contributed by atoms with Gasteiger partial charge in [0.15, 0.2) is 0 Å².